The van der Waals surface area contributed by atoms with Gasteiger partial charge >= 0.3 is 0 Å². The van der Waals surface area contributed by atoms with E-state index in [9.17, 15) is 4.79 Å². The van der Waals surface area contributed by atoms with E-state index in [2.05, 4.69) is 32.8 Å². The van der Waals surface area contributed by atoms with E-state index in [-0.39, 0.29) is 5.91 Å². The van der Waals surface area contributed by atoms with Gasteiger partial charge in [-0.3, -0.25) is 9.78 Å². The normalized spacial score (nSPS) is 11.1. The molecule has 0 fully saturated rings. The number of carbonyl (C=O) groups excluding carboxylic acids is 1. The molecule has 0 bridgehead atoms. The van der Waals surface area contributed by atoms with Crippen LogP contribution in [0.15, 0.2) is 66.0 Å². The van der Waals surface area contributed by atoms with Crippen molar-refractivity contribution in [3.05, 3.63) is 60.8 Å². The Bertz CT molecular complexity index is 1150. The predicted molar refractivity (Wildman–Crippen MR) is 121 cm³/mol. The molecule has 2 heterocycles. The summed E-state index contributed by atoms with van der Waals surface area (Å²) in [5, 5.41) is 4.88. The third-order valence-corrected chi connectivity index (χ3v) is 5.74. The lowest BCUT2D eigenvalue weighted by Crippen LogP contribution is -2.27. The Hall–Kier alpha value is -3.06. The molecule has 2 aromatic carbocycles. The summed E-state index contributed by atoms with van der Waals surface area (Å²) < 4.78 is 8.00. The van der Waals surface area contributed by atoms with Crippen LogP contribution in [0.25, 0.3) is 21.9 Å². The van der Waals surface area contributed by atoms with Crippen LogP contribution in [-0.4, -0.2) is 39.3 Å². The third kappa shape index (κ3) is 4.57. The molecule has 0 atom stereocenters. The van der Waals surface area contributed by atoms with Gasteiger partial charge in [0, 0.05) is 24.7 Å². The average molecular weight is 421 g/mol. The second-order valence-electron chi connectivity index (χ2n) is 6.80. The fourth-order valence-corrected chi connectivity index (χ4v) is 4.23. The molecule has 0 aliphatic rings. The van der Waals surface area contributed by atoms with E-state index in [0.717, 1.165) is 45.8 Å². The molecule has 30 heavy (non-hydrogen) atoms. The van der Waals surface area contributed by atoms with E-state index in [1.807, 2.05) is 48.5 Å². The van der Waals surface area contributed by atoms with Gasteiger partial charge in [0.25, 0.3) is 0 Å². The van der Waals surface area contributed by atoms with Gasteiger partial charge in [0.15, 0.2) is 5.16 Å². The Morgan fingerprint density at radius 1 is 1.13 bits per heavy atom. The number of fused-ring (bicyclic) bond motifs is 2. The van der Waals surface area contributed by atoms with Crippen molar-refractivity contribution in [3.63, 3.8) is 0 Å². The number of rotatable bonds is 9. The molecule has 1 amide bonds. The molecule has 0 saturated carbocycles. The lowest BCUT2D eigenvalue weighted by atomic mass is 10.2. The van der Waals surface area contributed by atoms with Crippen molar-refractivity contribution in [3.8, 4) is 5.75 Å². The Morgan fingerprint density at radius 2 is 2.00 bits per heavy atom. The fourth-order valence-electron chi connectivity index (χ4n) is 3.33. The largest absolute Gasteiger partial charge is 0.491 e. The topological polar surface area (TPSA) is 69.0 Å². The number of amides is 1. The summed E-state index contributed by atoms with van der Waals surface area (Å²) in [6.45, 7) is 4.01. The van der Waals surface area contributed by atoms with Crippen LogP contribution in [0.5, 0.6) is 5.75 Å². The van der Waals surface area contributed by atoms with Gasteiger partial charge < -0.3 is 14.6 Å². The summed E-state index contributed by atoms with van der Waals surface area (Å²) in [5.74, 6) is 1.12. The average Bonchev–Trinajstić information content (AvgIpc) is 3.15. The number of benzene rings is 2. The predicted octanol–water partition coefficient (Wildman–Crippen LogP) is 4.28. The highest BCUT2D eigenvalue weighted by molar-refractivity contribution is 7.99. The van der Waals surface area contributed by atoms with Crippen LogP contribution >= 0.6 is 11.8 Å². The van der Waals surface area contributed by atoms with Crippen molar-refractivity contribution in [1.82, 2.24) is 19.9 Å². The number of aryl methyl sites for hydroxylation is 1. The van der Waals surface area contributed by atoms with Gasteiger partial charge in [-0.15, -0.1) is 0 Å². The van der Waals surface area contributed by atoms with Gasteiger partial charge in [0.2, 0.25) is 5.91 Å². The number of hydrogen-bond donors (Lipinski definition) is 1. The molecule has 0 unspecified atom stereocenters. The molecule has 0 aliphatic carbocycles. The second kappa shape index (κ2) is 9.63. The van der Waals surface area contributed by atoms with Crippen LogP contribution in [0.3, 0.4) is 0 Å². The number of nitrogens with zero attached hydrogens (tertiary/aromatic N) is 3. The smallest absolute Gasteiger partial charge is 0.230 e. The van der Waals surface area contributed by atoms with E-state index < -0.39 is 0 Å². The molecular weight excluding hydrogens is 396 g/mol. The number of aromatic nitrogens is 3. The van der Waals surface area contributed by atoms with Crippen LogP contribution < -0.4 is 10.1 Å². The summed E-state index contributed by atoms with van der Waals surface area (Å²) in [4.78, 5) is 21.2. The summed E-state index contributed by atoms with van der Waals surface area (Å²) >= 11 is 1.47. The van der Waals surface area contributed by atoms with Crippen LogP contribution in [0.1, 0.15) is 13.3 Å². The van der Waals surface area contributed by atoms with E-state index in [1.165, 1.54) is 11.8 Å². The van der Waals surface area contributed by atoms with Crippen LogP contribution in [0.4, 0.5) is 0 Å². The standard InChI is InChI=1S/C23H24N4O2S/c1-2-27-19-11-4-3-10-18(19)26-23(27)30-16-21(28)24-14-7-15-29-20-12-5-8-17-9-6-13-25-22(17)20/h3-6,8-13H,2,7,14-16H2,1H3,(H,24,28). The maximum atomic E-state index is 12.2. The second-order valence-corrected chi connectivity index (χ2v) is 7.74. The minimum atomic E-state index is 0.00142. The van der Waals surface area contributed by atoms with Crippen molar-refractivity contribution in [2.45, 2.75) is 25.0 Å². The molecule has 4 aromatic rings. The van der Waals surface area contributed by atoms with E-state index in [1.54, 1.807) is 6.20 Å². The molecule has 1 N–H and O–H groups in total. The molecule has 4 rings (SSSR count). The monoisotopic (exact) mass is 420 g/mol. The first kappa shape index (κ1) is 20.2. The zero-order chi connectivity index (χ0) is 20.8. The van der Waals surface area contributed by atoms with E-state index in [0.29, 0.717) is 18.9 Å². The Morgan fingerprint density at radius 3 is 2.90 bits per heavy atom. The van der Waals surface area contributed by atoms with Gasteiger partial charge in [-0.05, 0) is 37.6 Å². The van der Waals surface area contributed by atoms with Gasteiger partial charge in [0.1, 0.15) is 11.3 Å². The number of imidazole rings is 1. The number of carbonyl (C=O) groups is 1. The van der Waals surface area contributed by atoms with Gasteiger partial charge in [-0.25, -0.2) is 4.98 Å². The van der Waals surface area contributed by atoms with E-state index in [4.69, 9.17) is 4.74 Å². The molecule has 0 aliphatic heterocycles. The van der Waals surface area contributed by atoms with Crippen molar-refractivity contribution >= 4 is 39.6 Å². The highest BCUT2D eigenvalue weighted by Crippen LogP contribution is 2.24. The molecule has 7 heteroatoms. The van der Waals surface area contributed by atoms with Crippen molar-refractivity contribution in [2.24, 2.45) is 0 Å². The molecule has 2 aromatic heterocycles. The summed E-state index contributed by atoms with van der Waals surface area (Å²) in [6.07, 6.45) is 2.49. The first-order chi connectivity index (χ1) is 14.8. The summed E-state index contributed by atoms with van der Waals surface area (Å²) in [7, 11) is 0. The van der Waals surface area contributed by atoms with Gasteiger partial charge in [-0.1, -0.05) is 42.1 Å². The number of nitrogens with one attached hydrogen (secondary N) is 1. The number of para-hydroxylation sites is 3. The highest BCUT2D eigenvalue weighted by Gasteiger charge is 2.11. The van der Waals surface area contributed by atoms with Crippen LogP contribution in [-0.2, 0) is 11.3 Å². The van der Waals surface area contributed by atoms with Gasteiger partial charge in [-0.2, -0.15) is 0 Å². The van der Waals surface area contributed by atoms with E-state index >= 15 is 0 Å². The number of ether oxygens (including phenoxy) is 1. The number of pyridine rings is 1. The van der Waals surface area contributed by atoms with Crippen LogP contribution in [0.2, 0.25) is 0 Å². The minimum Gasteiger partial charge on any atom is -0.491 e. The Labute approximate surface area is 179 Å². The molecular formula is C23H24N4O2S. The minimum absolute atomic E-state index is 0.00142. The first-order valence-corrected chi connectivity index (χ1v) is 11.1. The maximum Gasteiger partial charge on any atom is 0.230 e. The summed E-state index contributed by atoms with van der Waals surface area (Å²) in [5.41, 5.74) is 2.92. The molecule has 6 nitrogen and oxygen atoms in total. The number of hydrogen-bond acceptors (Lipinski definition) is 5. The maximum absolute atomic E-state index is 12.2. The summed E-state index contributed by atoms with van der Waals surface area (Å²) in [6, 6.07) is 17.9. The quantitative estimate of drug-likeness (QED) is 0.323. The van der Waals surface area contributed by atoms with Gasteiger partial charge in [0.05, 0.1) is 23.4 Å². The Kier molecular flexibility index (Phi) is 6.49. The molecule has 0 spiro atoms. The van der Waals surface area contributed by atoms with Crippen molar-refractivity contribution in [2.75, 3.05) is 18.9 Å². The molecule has 0 saturated heterocycles. The van der Waals surface area contributed by atoms with Crippen LogP contribution in [0, 0.1) is 0 Å². The fraction of sp³-hybridized carbons (Fsp3) is 0.261. The third-order valence-electron chi connectivity index (χ3n) is 4.76. The zero-order valence-corrected chi connectivity index (χ0v) is 17.7. The Balaban J connectivity index is 1.22. The number of thioether (sulfide) groups is 1. The molecule has 0 radical (unpaired) electrons. The zero-order valence-electron chi connectivity index (χ0n) is 16.9. The highest BCUT2D eigenvalue weighted by atomic mass is 32.2. The lowest BCUT2D eigenvalue weighted by Gasteiger charge is -2.09. The first-order valence-electron chi connectivity index (χ1n) is 10.1. The van der Waals surface area contributed by atoms with Crippen molar-refractivity contribution < 1.29 is 9.53 Å². The van der Waals surface area contributed by atoms with Crippen molar-refractivity contribution in [1.29, 1.82) is 0 Å². The molecule has 154 valence electrons. The SMILES string of the molecule is CCn1c(SCC(=O)NCCCOc2cccc3cccnc23)nc2ccccc21. The lowest BCUT2D eigenvalue weighted by molar-refractivity contribution is -0.118.